The predicted octanol–water partition coefficient (Wildman–Crippen LogP) is 1.86. The number of pyridine rings is 1. The lowest BCUT2D eigenvalue weighted by atomic mass is 9.95. The van der Waals surface area contributed by atoms with Crippen LogP contribution in [0.4, 0.5) is 5.69 Å². The van der Waals surface area contributed by atoms with Gasteiger partial charge in [0.2, 0.25) is 5.91 Å². The van der Waals surface area contributed by atoms with Crippen molar-refractivity contribution >= 4 is 11.6 Å². The SMILES string of the molecule is Cc1cc(C)c2c(n1)CN(C(=O)CC1CN(c3ccnnc3)C1)C2. The molecule has 0 unspecified atom stereocenters. The molecule has 6 nitrogen and oxygen atoms in total. The van der Waals surface area contributed by atoms with E-state index in [2.05, 4.69) is 33.1 Å². The lowest BCUT2D eigenvalue weighted by Gasteiger charge is -2.40. The van der Waals surface area contributed by atoms with Crippen molar-refractivity contribution in [2.75, 3.05) is 18.0 Å². The van der Waals surface area contributed by atoms with Crippen LogP contribution < -0.4 is 4.90 Å². The number of hydrogen-bond donors (Lipinski definition) is 0. The summed E-state index contributed by atoms with van der Waals surface area (Å²) in [5, 5.41) is 7.70. The van der Waals surface area contributed by atoms with E-state index in [4.69, 9.17) is 0 Å². The average molecular weight is 323 g/mol. The number of amides is 1. The number of hydrogen-bond acceptors (Lipinski definition) is 5. The predicted molar refractivity (Wildman–Crippen MR) is 90.3 cm³/mol. The van der Waals surface area contributed by atoms with Gasteiger partial charge in [-0.2, -0.15) is 10.2 Å². The summed E-state index contributed by atoms with van der Waals surface area (Å²) in [6.07, 6.45) is 4.08. The van der Waals surface area contributed by atoms with Crippen molar-refractivity contribution in [1.29, 1.82) is 0 Å². The van der Waals surface area contributed by atoms with Crippen LogP contribution in [-0.2, 0) is 17.9 Å². The Morgan fingerprint density at radius 3 is 2.83 bits per heavy atom. The molecule has 1 fully saturated rings. The number of fused-ring (bicyclic) bond motifs is 1. The van der Waals surface area contributed by atoms with Crippen molar-refractivity contribution in [2.45, 2.75) is 33.4 Å². The number of aromatic nitrogens is 3. The van der Waals surface area contributed by atoms with E-state index in [9.17, 15) is 4.79 Å². The summed E-state index contributed by atoms with van der Waals surface area (Å²) in [6.45, 7) is 7.30. The molecule has 0 spiro atoms. The van der Waals surface area contributed by atoms with Crippen molar-refractivity contribution in [3.05, 3.63) is 47.0 Å². The van der Waals surface area contributed by atoms with Gasteiger partial charge in [-0.1, -0.05) is 0 Å². The summed E-state index contributed by atoms with van der Waals surface area (Å²) in [7, 11) is 0. The molecule has 0 N–H and O–H groups in total. The van der Waals surface area contributed by atoms with Gasteiger partial charge in [0.05, 0.1) is 30.3 Å². The monoisotopic (exact) mass is 323 g/mol. The van der Waals surface area contributed by atoms with Crippen LogP contribution in [0, 0.1) is 19.8 Å². The van der Waals surface area contributed by atoms with Crippen molar-refractivity contribution in [3.63, 3.8) is 0 Å². The fourth-order valence-corrected chi connectivity index (χ4v) is 3.65. The van der Waals surface area contributed by atoms with Gasteiger partial charge < -0.3 is 9.80 Å². The highest BCUT2D eigenvalue weighted by atomic mass is 16.2. The fourth-order valence-electron chi connectivity index (χ4n) is 3.65. The van der Waals surface area contributed by atoms with E-state index in [1.807, 2.05) is 17.9 Å². The lowest BCUT2D eigenvalue weighted by Crippen LogP contribution is -2.48. The molecule has 0 aromatic carbocycles. The first-order valence-electron chi connectivity index (χ1n) is 8.35. The van der Waals surface area contributed by atoms with Gasteiger partial charge in [0.15, 0.2) is 0 Å². The molecule has 1 amide bonds. The Morgan fingerprint density at radius 1 is 1.25 bits per heavy atom. The third-order valence-corrected chi connectivity index (χ3v) is 4.96. The minimum absolute atomic E-state index is 0.238. The second-order valence-electron chi connectivity index (χ2n) is 6.83. The fraction of sp³-hybridized carbons (Fsp3) is 0.444. The largest absolute Gasteiger partial charge is 0.369 e. The van der Waals surface area contributed by atoms with Gasteiger partial charge in [0.1, 0.15) is 0 Å². The van der Waals surface area contributed by atoms with Gasteiger partial charge in [0.25, 0.3) is 0 Å². The zero-order chi connectivity index (χ0) is 16.7. The number of aryl methyl sites for hydroxylation is 2. The van der Waals surface area contributed by atoms with Crippen LogP contribution in [0.1, 0.15) is 28.9 Å². The van der Waals surface area contributed by atoms with Gasteiger partial charge >= 0.3 is 0 Å². The molecule has 2 aliphatic heterocycles. The van der Waals surface area contributed by atoms with E-state index < -0.39 is 0 Å². The van der Waals surface area contributed by atoms with E-state index in [0.29, 0.717) is 25.4 Å². The molecule has 124 valence electrons. The first-order valence-corrected chi connectivity index (χ1v) is 8.35. The van der Waals surface area contributed by atoms with E-state index >= 15 is 0 Å². The van der Waals surface area contributed by atoms with Gasteiger partial charge in [-0.25, -0.2) is 0 Å². The second kappa shape index (κ2) is 5.85. The zero-order valence-corrected chi connectivity index (χ0v) is 14.1. The maximum Gasteiger partial charge on any atom is 0.223 e. The molecule has 2 aromatic heterocycles. The molecule has 0 aliphatic carbocycles. The van der Waals surface area contributed by atoms with Crippen molar-refractivity contribution in [2.24, 2.45) is 5.92 Å². The summed E-state index contributed by atoms with van der Waals surface area (Å²) in [5.74, 6) is 0.660. The smallest absolute Gasteiger partial charge is 0.223 e. The molecular formula is C18H21N5O. The van der Waals surface area contributed by atoms with Crippen LogP contribution in [0.25, 0.3) is 0 Å². The highest BCUT2D eigenvalue weighted by Gasteiger charge is 2.32. The third-order valence-electron chi connectivity index (χ3n) is 4.96. The highest BCUT2D eigenvalue weighted by molar-refractivity contribution is 5.77. The lowest BCUT2D eigenvalue weighted by molar-refractivity contribution is -0.133. The van der Waals surface area contributed by atoms with Crippen LogP contribution in [0.2, 0.25) is 0 Å². The van der Waals surface area contributed by atoms with E-state index in [0.717, 1.165) is 30.2 Å². The van der Waals surface area contributed by atoms with Crippen LogP contribution in [0.15, 0.2) is 24.5 Å². The van der Waals surface area contributed by atoms with Crippen molar-refractivity contribution in [3.8, 4) is 0 Å². The summed E-state index contributed by atoms with van der Waals surface area (Å²) in [5.41, 5.74) is 5.65. The third kappa shape index (κ3) is 2.72. The molecular weight excluding hydrogens is 302 g/mol. The quantitative estimate of drug-likeness (QED) is 0.863. The second-order valence-corrected chi connectivity index (χ2v) is 6.83. The Labute approximate surface area is 141 Å². The Hall–Kier alpha value is -2.50. The van der Waals surface area contributed by atoms with Crippen LogP contribution in [0.3, 0.4) is 0 Å². The summed E-state index contributed by atoms with van der Waals surface area (Å²) >= 11 is 0. The zero-order valence-electron chi connectivity index (χ0n) is 14.1. The van der Waals surface area contributed by atoms with E-state index in [1.165, 1.54) is 11.1 Å². The van der Waals surface area contributed by atoms with Crippen LogP contribution in [-0.4, -0.2) is 39.1 Å². The molecule has 0 saturated carbocycles. The number of carbonyl (C=O) groups is 1. The molecule has 0 bridgehead atoms. The maximum atomic E-state index is 12.6. The highest BCUT2D eigenvalue weighted by Crippen LogP contribution is 2.29. The maximum absolute atomic E-state index is 12.6. The Morgan fingerprint density at radius 2 is 2.08 bits per heavy atom. The Kier molecular flexibility index (Phi) is 3.67. The van der Waals surface area contributed by atoms with E-state index in [1.54, 1.807) is 12.4 Å². The van der Waals surface area contributed by atoms with E-state index in [-0.39, 0.29) is 5.91 Å². The number of nitrogens with zero attached hydrogens (tertiary/aromatic N) is 5. The molecule has 1 saturated heterocycles. The minimum atomic E-state index is 0.238. The summed E-state index contributed by atoms with van der Waals surface area (Å²) in [4.78, 5) is 21.4. The molecule has 2 aromatic rings. The van der Waals surface area contributed by atoms with Gasteiger partial charge in [0, 0.05) is 37.7 Å². The average Bonchev–Trinajstić information content (AvgIpc) is 2.95. The standard InChI is InChI=1S/C18H21N5O/c1-12-5-13(2)21-17-11-23(10-16(12)17)18(24)6-14-8-22(9-14)15-3-4-19-20-7-15/h3-5,7,14H,6,8-11H2,1-2H3. The molecule has 4 heterocycles. The molecule has 4 rings (SSSR count). The summed E-state index contributed by atoms with van der Waals surface area (Å²) < 4.78 is 0. The molecule has 6 heteroatoms. The number of anilines is 1. The molecule has 0 atom stereocenters. The van der Waals surface area contributed by atoms with Crippen molar-refractivity contribution < 1.29 is 4.79 Å². The minimum Gasteiger partial charge on any atom is -0.369 e. The summed E-state index contributed by atoms with van der Waals surface area (Å²) in [6, 6.07) is 4.05. The first-order chi connectivity index (χ1) is 11.6. The normalized spacial score (nSPS) is 16.9. The Bertz CT molecular complexity index is 770. The Balaban J connectivity index is 1.33. The van der Waals surface area contributed by atoms with Crippen LogP contribution in [0.5, 0.6) is 0 Å². The number of carbonyl (C=O) groups excluding carboxylic acids is 1. The number of rotatable bonds is 3. The van der Waals surface area contributed by atoms with Gasteiger partial charge in [-0.05, 0) is 37.1 Å². The van der Waals surface area contributed by atoms with Gasteiger partial charge in [-0.3, -0.25) is 9.78 Å². The van der Waals surface area contributed by atoms with Crippen LogP contribution >= 0.6 is 0 Å². The molecule has 24 heavy (non-hydrogen) atoms. The van der Waals surface area contributed by atoms with Gasteiger partial charge in [-0.15, -0.1) is 0 Å². The first kappa shape index (κ1) is 15.1. The molecule has 0 radical (unpaired) electrons. The molecule has 2 aliphatic rings. The topological polar surface area (TPSA) is 62.2 Å². The van der Waals surface area contributed by atoms with Crippen molar-refractivity contribution in [1.82, 2.24) is 20.1 Å².